The Morgan fingerprint density at radius 3 is 2.59 bits per heavy atom. The van der Waals surface area contributed by atoms with E-state index in [0.717, 1.165) is 12.3 Å². The van der Waals surface area contributed by atoms with E-state index in [1.54, 1.807) is 0 Å². The highest BCUT2D eigenvalue weighted by Crippen LogP contribution is 2.51. The Labute approximate surface area is 134 Å². The lowest BCUT2D eigenvalue weighted by atomic mass is 9.67. The van der Waals surface area contributed by atoms with Crippen LogP contribution in [0.15, 0.2) is 23.3 Å². The van der Waals surface area contributed by atoms with Crippen LogP contribution in [0.25, 0.3) is 0 Å². The van der Waals surface area contributed by atoms with Crippen LogP contribution in [0, 0.1) is 29.6 Å². The van der Waals surface area contributed by atoms with E-state index < -0.39 is 6.17 Å². The predicted molar refractivity (Wildman–Crippen MR) is 89.3 cm³/mol. The van der Waals surface area contributed by atoms with Gasteiger partial charge in [0.05, 0.1) is 6.61 Å². The molecule has 0 bridgehead atoms. The molecule has 3 aliphatic rings. The molecule has 1 fully saturated rings. The summed E-state index contributed by atoms with van der Waals surface area (Å²) in [6, 6.07) is 0. The Bertz CT molecular complexity index is 447. The third-order valence-corrected chi connectivity index (χ3v) is 5.90. The van der Waals surface area contributed by atoms with Crippen molar-refractivity contribution in [3.63, 3.8) is 0 Å². The molecule has 1 nitrogen and oxygen atoms in total. The number of alkyl halides is 1. The molecule has 4 atom stereocenters. The minimum Gasteiger partial charge on any atom is -0.392 e. The predicted octanol–water partition coefficient (Wildman–Crippen LogP) is 5.06. The van der Waals surface area contributed by atoms with E-state index in [-0.39, 0.29) is 6.61 Å². The number of aliphatic hydroxyl groups excluding tert-OH is 1. The standard InChI is InChI=1S/C20H31FO/c1-13(2)9-16-10-19(15-5-7-18(21)8-6-15)20(14-3-4-14)11-17(16)12-22/h5,11,13-14,16,18-20,22H,3-4,6-10,12H2,1-2H3/t16-,18-,19?,20+/m0/s1. The first kappa shape index (κ1) is 16.2. The van der Waals surface area contributed by atoms with Crippen LogP contribution >= 0.6 is 0 Å². The average molecular weight is 306 g/mol. The zero-order valence-electron chi connectivity index (χ0n) is 14.1. The SMILES string of the molecule is CC(C)C[C@H]1CC(C2=CC[C@H](F)CC2)[C@@H](C2CC2)C=C1CO. The van der Waals surface area contributed by atoms with Gasteiger partial charge < -0.3 is 5.11 Å². The summed E-state index contributed by atoms with van der Waals surface area (Å²) < 4.78 is 13.5. The molecule has 3 rings (SSSR count). The van der Waals surface area contributed by atoms with Gasteiger partial charge in [-0.1, -0.05) is 31.6 Å². The van der Waals surface area contributed by atoms with E-state index in [1.807, 2.05) is 0 Å². The Hall–Kier alpha value is -0.630. The van der Waals surface area contributed by atoms with Crippen molar-refractivity contribution in [3.05, 3.63) is 23.3 Å². The summed E-state index contributed by atoms with van der Waals surface area (Å²) in [4.78, 5) is 0. The van der Waals surface area contributed by atoms with E-state index in [2.05, 4.69) is 26.0 Å². The van der Waals surface area contributed by atoms with Crippen LogP contribution in [0.4, 0.5) is 4.39 Å². The zero-order chi connectivity index (χ0) is 15.7. The molecule has 22 heavy (non-hydrogen) atoms. The largest absolute Gasteiger partial charge is 0.392 e. The summed E-state index contributed by atoms with van der Waals surface area (Å²) in [6.45, 7) is 4.76. The zero-order valence-corrected chi connectivity index (χ0v) is 14.1. The van der Waals surface area contributed by atoms with Crippen LogP contribution in [0.5, 0.6) is 0 Å². The van der Waals surface area contributed by atoms with Crippen molar-refractivity contribution in [2.75, 3.05) is 6.61 Å². The molecule has 1 unspecified atom stereocenters. The molecule has 0 aliphatic heterocycles. The fourth-order valence-electron chi connectivity index (χ4n) is 4.62. The second-order valence-corrected chi connectivity index (χ2v) is 8.13. The fourth-order valence-corrected chi connectivity index (χ4v) is 4.62. The molecule has 0 amide bonds. The molecule has 0 aromatic heterocycles. The molecule has 0 aromatic carbocycles. The first-order chi connectivity index (χ1) is 10.6. The van der Waals surface area contributed by atoms with Gasteiger partial charge in [-0.05, 0) is 80.1 Å². The summed E-state index contributed by atoms with van der Waals surface area (Å²) in [5.41, 5.74) is 2.80. The van der Waals surface area contributed by atoms with Crippen LogP contribution in [0.2, 0.25) is 0 Å². The molecule has 0 radical (unpaired) electrons. The summed E-state index contributed by atoms with van der Waals surface area (Å²) in [5, 5.41) is 9.79. The third-order valence-electron chi connectivity index (χ3n) is 5.90. The maximum atomic E-state index is 13.5. The molecular formula is C20H31FO. The third kappa shape index (κ3) is 3.64. The van der Waals surface area contributed by atoms with Crippen LogP contribution < -0.4 is 0 Å². The van der Waals surface area contributed by atoms with Crippen LogP contribution in [0.3, 0.4) is 0 Å². The van der Waals surface area contributed by atoms with Gasteiger partial charge in [0.15, 0.2) is 0 Å². The van der Waals surface area contributed by atoms with Crippen molar-refractivity contribution in [1.82, 2.24) is 0 Å². The van der Waals surface area contributed by atoms with E-state index in [0.29, 0.717) is 36.5 Å². The Balaban J connectivity index is 1.82. The van der Waals surface area contributed by atoms with Crippen molar-refractivity contribution in [3.8, 4) is 0 Å². The molecule has 2 heteroatoms. The maximum Gasteiger partial charge on any atom is 0.104 e. The van der Waals surface area contributed by atoms with Gasteiger partial charge in [0.1, 0.15) is 6.17 Å². The average Bonchev–Trinajstić information content (AvgIpc) is 3.32. The highest BCUT2D eigenvalue weighted by molar-refractivity contribution is 5.24. The number of rotatable bonds is 5. The van der Waals surface area contributed by atoms with Crippen molar-refractivity contribution in [1.29, 1.82) is 0 Å². The summed E-state index contributed by atoms with van der Waals surface area (Å²) >= 11 is 0. The second kappa shape index (κ2) is 6.86. The lowest BCUT2D eigenvalue weighted by Gasteiger charge is -2.39. The first-order valence-corrected chi connectivity index (χ1v) is 9.23. The van der Waals surface area contributed by atoms with Gasteiger partial charge in [-0.15, -0.1) is 0 Å². The lowest BCUT2D eigenvalue weighted by Crippen LogP contribution is -2.30. The molecule has 3 aliphatic carbocycles. The molecule has 0 heterocycles. The van der Waals surface area contributed by atoms with Crippen LogP contribution in [0.1, 0.15) is 58.8 Å². The normalized spacial score (nSPS) is 36.2. The lowest BCUT2D eigenvalue weighted by molar-refractivity contribution is 0.233. The maximum absolute atomic E-state index is 13.5. The highest BCUT2D eigenvalue weighted by atomic mass is 19.1. The van der Waals surface area contributed by atoms with Crippen molar-refractivity contribution >= 4 is 0 Å². The Kier molecular flexibility index (Phi) is 5.07. The molecular weight excluding hydrogens is 275 g/mol. The summed E-state index contributed by atoms with van der Waals surface area (Å²) in [7, 11) is 0. The van der Waals surface area contributed by atoms with Crippen LogP contribution in [-0.2, 0) is 0 Å². The van der Waals surface area contributed by atoms with E-state index >= 15 is 0 Å². The number of aliphatic hydroxyl groups is 1. The molecule has 0 aromatic rings. The topological polar surface area (TPSA) is 20.2 Å². The van der Waals surface area contributed by atoms with Gasteiger partial charge in [0.25, 0.3) is 0 Å². The van der Waals surface area contributed by atoms with Gasteiger partial charge in [0.2, 0.25) is 0 Å². The van der Waals surface area contributed by atoms with Crippen molar-refractivity contribution in [2.45, 2.75) is 65.0 Å². The fraction of sp³-hybridized carbons (Fsp3) is 0.800. The minimum atomic E-state index is -0.623. The quantitative estimate of drug-likeness (QED) is 0.704. The van der Waals surface area contributed by atoms with Gasteiger partial charge in [0, 0.05) is 0 Å². The monoisotopic (exact) mass is 306 g/mol. The van der Waals surface area contributed by atoms with Crippen molar-refractivity contribution < 1.29 is 9.50 Å². The van der Waals surface area contributed by atoms with E-state index in [9.17, 15) is 9.50 Å². The highest BCUT2D eigenvalue weighted by Gasteiger charge is 2.41. The molecule has 0 saturated heterocycles. The Morgan fingerprint density at radius 2 is 2.05 bits per heavy atom. The van der Waals surface area contributed by atoms with Gasteiger partial charge in [-0.25, -0.2) is 4.39 Å². The van der Waals surface area contributed by atoms with E-state index in [1.165, 1.54) is 36.8 Å². The van der Waals surface area contributed by atoms with Gasteiger partial charge >= 0.3 is 0 Å². The number of hydrogen-bond acceptors (Lipinski definition) is 1. The van der Waals surface area contributed by atoms with Gasteiger partial charge in [-0.3, -0.25) is 0 Å². The molecule has 1 saturated carbocycles. The first-order valence-electron chi connectivity index (χ1n) is 9.23. The van der Waals surface area contributed by atoms with Crippen LogP contribution in [-0.4, -0.2) is 17.9 Å². The van der Waals surface area contributed by atoms with E-state index in [4.69, 9.17) is 0 Å². The van der Waals surface area contributed by atoms with Gasteiger partial charge in [-0.2, -0.15) is 0 Å². The van der Waals surface area contributed by atoms with Crippen molar-refractivity contribution in [2.24, 2.45) is 29.6 Å². The number of allylic oxidation sites excluding steroid dienone is 3. The Morgan fingerprint density at radius 1 is 1.27 bits per heavy atom. The second-order valence-electron chi connectivity index (χ2n) is 8.13. The minimum absolute atomic E-state index is 0.221. The summed E-state index contributed by atoms with van der Waals surface area (Å²) in [5.74, 6) is 3.21. The number of hydrogen-bond donors (Lipinski definition) is 1. The summed E-state index contributed by atoms with van der Waals surface area (Å²) in [6.07, 6.45) is 11.3. The molecule has 124 valence electrons. The smallest absolute Gasteiger partial charge is 0.104 e. The molecule has 0 spiro atoms. The number of halogens is 1. The molecule has 1 N–H and O–H groups in total.